The van der Waals surface area contributed by atoms with Gasteiger partial charge < -0.3 is 24.8 Å². The Morgan fingerprint density at radius 2 is 1.90 bits per heavy atom. The molecule has 1 heterocycles. The first-order chi connectivity index (χ1) is 18.9. The highest BCUT2D eigenvalue weighted by Crippen LogP contribution is 2.67. The van der Waals surface area contributed by atoms with Crippen molar-refractivity contribution in [3.63, 3.8) is 0 Å². The van der Waals surface area contributed by atoms with Crippen LogP contribution in [0.4, 0.5) is 5.69 Å². The Morgan fingerprint density at radius 3 is 2.51 bits per heavy atom. The van der Waals surface area contributed by atoms with Crippen LogP contribution in [-0.4, -0.2) is 73.2 Å². The lowest BCUT2D eigenvalue weighted by Crippen LogP contribution is -2.86. The van der Waals surface area contributed by atoms with Gasteiger partial charge in [0.05, 0.1) is 22.7 Å². The molecule has 226 valence electrons. The molecule has 3 fully saturated rings. The first-order valence-electron chi connectivity index (χ1n) is 13.7. The molecule has 0 spiro atoms. The van der Waals surface area contributed by atoms with Crippen LogP contribution in [-0.2, 0) is 19.1 Å². The van der Waals surface area contributed by atoms with Crippen molar-refractivity contribution in [1.82, 2.24) is 4.72 Å². The fraction of sp³-hybridized carbons (Fsp3) is 0.655. The Labute approximate surface area is 244 Å². The normalized spacial score (nSPS) is 40.6. The van der Waals surface area contributed by atoms with Crippen molar-refractivity contribution in [1.29, 1.82) is 0 Å². The number of hydrogen-bond acceptors (Lipinski definition) is 11. The van der Waals surface area contributed by atoms with E-state index >= 15 is 0 Å². The second-order valence-corrected chi connectivity index (χ2v) is 13.7. The Bertz CT molecular complexity index is 1260. The van der Waals surface area contributed by atoms with Gasteiger partial charge in [-0.15, -0.1) is 6.58 Å². The first-order valence-corrected chi connectivity index (χ1v) is 14.5. The van der Waals surface area contributed by atoms with E-state index < -0.39 is 74.6 Å². The molecule has 11 nitrogen and oxygen atoms in total. The number of carbonyl (C=O) groups excluding carboxylic acids is 2. The molecule has 1 aromatic rings. The number of rotatable bonds is 7. The van der Waals surface area contributed by atoms with Crippen molar-refractivity contribution in [3.8, 4) is 0 Å². The minimum atomic E-state index is -2.33. The van der Waals surface area contributed by atoms with Crippen LogP contribution in [0.5, 0.6) is 0 Å². The number of nitro benzene ring substituents is 1. The fourth-order valence-corrected chi connectivity index (χ4v) is 8.40. The summed E-state index contributed by atoms with van der Waals surface area (Å²) in [6.45, 7) is 13.7. The van der Waals surface area contributed by atoms with E-state index in [1.165, 1.54) is 38.1 Å². The number of nitrogens with one attached hydrogen (secondary N) is 1. The molecule has 0 amide bonds. The highest BCUT2D eigenvalue weighted by molar-refractivity contribution is 7.97. The van der Waals surface area contributed by atoms with Gasteiger partial charge in [0.2, 0.25) is 0 Å². The molecule has 0 radical (unpaired) electrons. The summed E-state index contributed by atoms with van der Waals surface area (Å²) in [5, 5.41) is 47.2. The lowest BCUT2D eigenvalue weighted by atomic mass is 9.40. The number of nitrogens with zero attached hydrogens (tertiary/aromatic N) is 1. The molecule has 3 aliphatic rings. The van der Waals surface area contributed by atoms with Crippen LogP contribution >= 0.6 is 11.9 Å². The molecule has 0 aromatic heterocycles. The van der Waals surface area contributed by atoms with E-state index in [0.29, 0.717) is 12.8 Å². The monoisotopic (exact) mass is 592 g/mol. The molecule has 4 rings (SSSR count). The van der Waals surface area contributed by atoms with Crippen LogP contribution in [0.25, 0.3) is 0 Å². The summed E-state index contributed by atoms with van der Waals surface area (Å²) in [4.78, 5) is 38.6. The summed E-state index contributed by atoms with van der Waals surface area (Å²) in [6, 6.07) is 5.03. The third-order valence-corrected chi connectivity index (χ3v) is 10.8. The number of aliphatic hydroxyl groups excluding tert-OH is 2. The number of para-hydroxylation sites is 1. The predicted octanol–water partition coefficient (Wildman–Crippen LogP) is 3.09. The maximum atomic E-state index is 14.0. The summed E-state index contributed by atoms with van der Waals surface area (Å²) < 4.78 is 15.2. The topological polar surface area (TPSA) is 168 Å². The van der Waals surface area contributed by atoms with Gasteiger partial charge >= 0.3 is 5.97 Å². The molecule has 1 unspecified atom stereocenters. The zero-order valence-corrected chi connectivity index (χ0v) is 25.1. The molecular formula is C29H40N2O9S. The second-order valence-electron chi connectivity index (χ2n) is 12.9. The average molecular weight is 593 g/mol. The van der Waals surface area contributed by atoms with Crippen molar-refractivity contribution >= 4 is 29.4 Å². The number of ketones is 1. The van der Waals surface area contributed by atoms with Crippen molar-refractivity contribution in [2.45, 2.75) is 107 Å². The number of carbonyl (C=O) groups is 2. The summed E-state index contributed by atoms with van der Waals surface area (Å²) in [5.41, 5.74) is -7.86. The summed E-state index contributed by atoms with van der Waals surface area (Å²) in [6.07, 6.45) is -2.06. The lowest BCUT2D eigenvalue weighted by Gasteiger charge is -2.71. The van der Waals surface area contributed by atoms with Crippen LogP contribution in [0.1, 0.15) is 60.8 Å². The minimum absolute atomic E-state index is 0.138. The van der Waals surface area contributed by atoms with E-state index in [1.807, 2.05) is 13.8 Å². The average Bonchev–Trinajstić information content (AvgIpc) is 2.90. The smallest absolute Gasteiger partial charge is 0.324 e. The van der Waals surface area contributed by atoms with Gasteiger partial charge in [0.1, 0.15) is 16.5 Å². The molecular weight excluding hydrogens is 552 g/mol. The highest BCUT2D eigenvalue weighted by Gasteiger charge is 2.81. The fourth-order valence-electron chi connectivity index (χ4n) is 7.60. The van der Waals surface area contributed by atoms with Crippen LogP contribution < -0.4 is 4.72 Å². The molecule has 1 aliphatic heterocycles. The molecule has 41 heavy (non-hydrogen) atoms. The minimum Gasteiger partial charge on any atom is -0.455 e. The van der Waals surface area contributed by atoms with Gasteiger partial charge in [0, 0.05) is 23.8 Å². The van der Waals surface area contributed by atoms with Gasteiger partial charge in [0.15, 0.2) is 17.5 Å². The number of fused-ring (bicyclic) bond motifs is 3. The lowest BCUT2D eigenvalue weighted by molar-refractivity contribution is -0.387. The third kappa shape index (κ3) is 4.63. The van der Waals surface area contributed by atoms with Crippen LogP contribution in [0.15, 0.2) is 41.8 Å². The molecule has 2 saturated carbocycles. The van der Waals surface area contributed by atoms with Crippen LogP contribution in [0.3, 0.4) is 0 Å². The largest absolute Gasteiger partial charge is 0.455 e. The second kappa shape index (κ2) is 10.4. The number of Topliss-reactive ketones (excluding diaryl/α,β-unsaturated/α-hetero) is 1. The van der Waals surface area contributed by atoms with E-state index in [1.54, 1.807) is 19.9 Å². The summed E-state index contributed by atoms with van der Waals surface area (Å²) >= 11 is 0.881. The number of aliphatic hydroxyl groups is 3. The number of ether oxygens (including phenoxy) is 2. The number of hydrogen-bond donors (Lipinski definition) is 4. The predicted molar refractivity (Wildman–Crippen MR) is 151 cm³/mol. The molecule has 12 heteroatoms. The Morgan fingerprint density at radius 1 is 1.27 bits per heavy atom. The maximum Gasteiger partial charge on any atom is 0.324 e. The van der Waals surface area contributed by atoms with Crippen molar-refractivity contribution in [3.05, 3.63) is 47.0 Å². The van der Waals surface area contributed by atoms with E-state index in [-0.39, 0.29) is 17.0 Å². The molecule has 1 aromatic carbocycles. The van der Waals surface area contributed by atoms with Gasteiger partial charge in [-0.05, 0) is 57.0 Å². The third-order valence-electron chi connectivity index (χ3n) is 9.73. The summed E-state index contributed by atoms with van der Waals surface area (Å²) in [5.74, 6) is -2.27. The van der Waals surface area contributed by atoms with Crippen LogP contribution in [0.2, 0.25) is 0 Å². The zero-order chi connectivity index (χ0) is 30.8. The van der Waals surface area contributed by atoms with Crippen molar-refractivity contribution in [2.75, 3.05) is 0 Å². The molecule has 2 aliphatic carbocycles. The van der Waals surface area contributed by atoms with E-state index in [4.69, 9.17) is 9.47 Å². The number of benzene rings is 1. The van der Waals surface area contributed by atoms with Gasteiger partial charge in [-0.2, -0.15) is 0 Å². The summed E-state index contributed by atoms with van der Waals surface area (Å²) in [7, 11) is 0. The van der Waals surface area contributed by atoms with Gasteiger partial charge in [-0.3, -0.25) is 19.7 Å². The first kappa shape index (κ1) is 31.6. The molecule has 9 atom stereocenters. The maximum absolute atomic E-state index is 14.0. The zero-order valence-electron chi connectivity index (χ0n) is 24.2. The number of esters is 1. The highest BCUT2D eigenvalue weighted by atomic mass is 32.2. The molecule has 1 saturated heterocycles. The van der Waals surface area contributed by atoms with Crippen LogP contribution in [0, 0.1) is 26.9 Å². The van der Waals surface area contributed by atoms with Gasteiger partial charge in [0.25, 0.3) is 5.69 Å². The van der Waals surface area contributed by atoms with E-state index in [0.717, 1.165) is 11.9 Å². The SMILES string of the molecule is C=C[C@@]1(C)CC(=O)[C@]2(O)[C@@]3(C)[C@@H](O)CCC(C)(C)[C@@H]3[C@@H](O)[C@@H](OC(=O)C(C)NSc3ccccc3[N+](=O)[O-])[C@@]2(C)O1. The van der Waals surface area contributed by atoms with Crippen molar-refractivity contribution in [2.24, 2.45) is 16.7 Å². The van der Waals surface area contributed by atoms with E-state index in [9.17, 15) is 35.0 Å². The van der Waals surface area contributed by atoms with E-state index in [2.05, 4.69) is 11.3 Å². The van der Waals surface area contributed by atoms with Gasteiger partial charge in [-0.1, -0.05) is 39.0 Å². The Balaban J connectivity index is 1.72. The van der Waals surface area contributed by atoms with Crippen molar-refractivity contribution < 1.29 is 39.3 Å². The Kier molecular flexibility index (Phi) is 8.03. The quantitative estimate of drug-likeness (QED) is 0.121. The number of nitro groups is 1. The molecule has 4 N–H and O–H groups in total. The Hall–Kier alpha value is -2.35. The van der Waals surface area contributed by atoms with Gasteiger partial charge in [-0.25, -0.2) is 4.72 Å². The molecule has 0 bridgehead atoms. The standard InChI is InChI=1S/C29H40N2O9S/c1-8-26(5)15-20(33)29(36)27(6)19(32)13-14-25(3,4)22(27)21(34)23(28(29,7)40-26)39-24(35)16(2)30-41-18-12-10-9-11-17(18)31(37)38/h8-12,16,19,21-23,30,32,34,36H,1,13-15H2,2-7H3/t16?,19-,21+,22-,23+,26-,27-,28+,29-/m0/s1.